The Labute approximate surface area is 198 Å². The normalized spacial score (nSPS) is 10.5. The number of pyridine rings is 1. The Hall–Kier alpha value is -3.38. The number of nitrogens with one attached hydrogen (secondary N) is 1. The van der Waals surface area contributed by atoms with E-state index in [-0.39, 0.29) is 12.2 Å². The standard InChI is InChI=1S/C26H27ClN2O4/c1-2-3-4-7-15-32-23-13-12-21(27)16-20(23)18-33-24-11-6-5-10-22(24)29-26(31)25(30)19-9-8-14-28-17-19/h5-6,8-14,16-17H,2-4,7,15,18H2,1H3,(H,29,31). The van der Waals surface area contributed by atoms with Gasteiger partial charge in [0.1, 0.15) is 18.1 Å². The number of unbranched alkanes of at least 4 members (excludes halogenated alkanes) is 3. The number of para-hydroxylation sites is 2. The number of carbonyl (C=O) groups is 2. The van der Waals surface area contributed by atoms with Crippen LogP contribution in [0.4, 0.5) is 5.69 Å². The van der Waals surface area contributed by atoms with Gasteiger partial charge in [-0.3, -0.25) is 14.6 Å². The van der Waals surface area contributed by atoms with Gasteiger partial charge < -0.3 is 14.8 Å². The van der Waals surface area contributed by atoms with Crippen molar-refractivity contribution in [1.82, 2.24) is 4.98 Å². The molecule has 1 heterocycles. The van der Waals surface area contributed by atoms with E-state index in [9.17, 15) is 9.59 Å². The fourth-order valence-electron chi connectivity index (χ4n) is 3.17. The molecule has 0 aliphatic rings. The van der Waals surface area contributed by atoms with Crippen molar-refractivity contribution in [3.05, 3.63) is 83.1 Å². The number of hydrogen-bond acceptors (Lipinski definition) is 5. The molecule has 0 bridgehead atoms. The maximum atomic E-state index is 12.4. The van der Waals surface area contributed by atoms with Crippen LogP contribution < -0.4 is 14.8 Å². The van der Waals surface area contributed by atoms with Gasteiger partial charge in [0.2, 0.25) is 0 Å². The van der Waals surface area contributed by atoms with Gasteiger partial charge in [0, 0.05) is 28.5 Å². The molecule has 33 heavy (non-hydrogen) atoms. The Bertz CT molecular complexity index is 1070. The molecule has 0 aliphatic heterocycles. The molecule has 0 radical (unpaired) electrons. The Morgan fingerprint density at radius 3 is 2.61 bits per heavy atom. The molecular formula is C26H27ClN2O4. The van der Waals surface area contributed by atoms with Crippen LogP contribution in [0, 0.1) is 0 Å². The lowest BCUT2D eigenvalue weighted by Gasteiger charge is -2.15. The number of carbonyl (C=O) groups excluding carboxylic acids is 2. The number of aromatic nitrogens is 1. The van der Waals surface area contributed by atoms with Crippen LogP contribution in [-0.4, -0.2) is 23.3 Å². The average Bonchev–Trinajstić information content (AvgIpc) is 2.84. The summed E-state index contributed by atoms with van der Waals surface area (Å²) in [7, 11) is 0. The van der Waals surface area contributed by atoms with E-state index in [0.717, 1.165) is 18.4 Å². The maximum Gasteiger partial charge on any atom is 0.296 e. The third kappa shape index (κ3) is 7.32. The van der Waals surface area contributed by atoms with Crippen molar-refractivity contribution in [3.8, 4) is 11.5 Å². The van der Waals surface area contributed by atoms with Gasteiger partial charge >= 0.3 is 0 Å². The largest absolute Gasteiger partial charge is 0.493 e. The number of rotatable bonds is 12. The van der Waals surface area contributed by atoms with Crippen LogP contribution in [0.25, 0.3) is 0 Å². The first-order chi connectivity index (χ1) is 16.1. The molecule has 1 aromatic heterocycles. The molecule has 6 nitrogen and oxygen atoms in total. The molecule has 0 saturated carbocycles. The number of Topliss-reactive ketones (excluding diaryl/α,β-unsaturated/α-hetero) is 1. The second kappa shape index (κ2) is 12.6. The fraction of sp³-hybridized carbons (Fsp3) is 0.269. The van der Waals surface area contributed by atoms with Gasteiger partial charge in [-0.1, -0.05) is 49.9 Å². The quantitative estimate of drug-likeness (QED) is 0.198. The maximum absolute atomic E-state index is 12.4. The number of amides is 1. The predicted octanol–water partition coefficient (Wildman–Crippen LogP) is 6.09. The number of anilines is 1. The topological polar surface area (TPSA) is 77.5 Å². The summed E-state index contributed by atoms with van der Waals surface area (Å²) >= 11 is 6.18. The van der Waals surface area contributed by atoms with Crippen molar-refractivity contribution in [3.63, 3.8) is 0 Å². The third-order valence-electron chi connectivity index (χ3n) is 4.93. The van der Waals surface area contributed by atoms with Crippen LogP contribution in [0.3, 0.4) is 0 Å². The van der Waals surface area contributed by atoms with Crippen molar-refractivity contribution in [2.75, 3.05) is 11.9 Å². The van der Waals surface area contributed by atoms with E-state index in [1.54, 1.807) is 48.5 Å². The molecule has 1 N–H and O–H groups in total. The zero-order valence-electron chi connectivity index (χ0n) is 18.6. The van der Waals surface area contributed by atoms with E-state index in [4.69, 9.17) is 21.1 Å². The minimum Gasteiger partial charge on any atom is -0.493 e. The van der Waals surface area contributed by atoms with Crippen LogP contribution in [0.2, 0.25) is 5.02 Å². The number of hydrogen-bond donors (Lipinski definition) is 1. The summed E-state index contributed by atoms with van der Waals surface area (Å²) in [6.45, 7) is 2.98. The van der Waals surface area contributed by atoms with Gasteiger partial charge in [-0.15, -0.1) is 0 Å². The summed E-state index contributed by atoms with van der Waals surface area (Å²) in [5.41, 5.74) is 1.41. The summed E-state index contributed by atoms with van der Waals surface area (Å²) in [6, 6.07) is 15.5. The molecular weight excluding hydrogens is 440 g/mol. The van der Waals surface area contributed by atoms with Crippen LogP contribution in [0.5, 0.6) is 11.5 Å². The summed E-state index contributed by atoms with van der Waals surface area (Å²) in [6.07, 6.45) is 7.36. The molecule has 7 heteroatoms. The Morgan fingerprint density at radius 2 is 1.82 bits per heavy atom. The van der Waals surface area contributed by atoms with E-state index >= 15 is 0 Å². The molecule has 0 aliphatic carbocycles. The zero-order valence-corrected chi connectivity index (χ0v) is 19.3. The highest BCUT2D eigenvalue weighted by molar-refractivity contribution is 6.46. The van der Waals surface area contributed by atoms with E-state index in [1.807, 2.05) is 6.07 Å². The second-order valence-corrected chi connectivity index (χ2v) is 7.91. The van der Waals surface area contributed by atoms with Crippen LogP contribution in [-0.2, 0) is 11.4 Å². The van der Waals surface area contributed by atoms with Crippen molar-refractivity contribution in [2.24, 2.45) is 0 Å². The first kappa shape index (κ1) is 24.3. The average molecular weight is 467 g/mol. The lowest BCUT2D eigenvalue weighted by Crippen LogP contribution is -2.23. The molecule has 2 aromatic carbocycles. The van der Waals surface area contributed by atoms with Crippen molar-refractivity contribution >= 4 is 29.0 Å². The SMILES string of the molecule is CCCCCCOc1ccc(Cl)cc1COc1ccccc1NC(=O)C(=O)c1cccnc1. The number of benzene rings is 2. The summed E-state index contributed by atoms with van der Waals surface area (Å²) in [5.74, 6) is -0.299. The number of ketones is 1. The first-order valence-electron chi connectivity index (χ1n) is 11.0. The van der Waals surface area contributed by atoms with E-state index in [1.165, 1.54) is 25.2 Å². The molecule has 172 valence electrons. The number of halogens is 1. The van der Waals surface area contributed by atoms with E-state index in [2.05, 4.69) is 17.2 Å². The van der Waals surface area contributed by atoms with E-state index in [0.29, 0.717) is 28.8 Å². The fourth-order valence-corrected chi connectivity index (χ4v) is 3.37. The van der Waals surface area contributed by atoms with Crippen molar-refractivity contribution in [2.45, 2.75) is 39.2 Å². The highest BCUT2D eigenvalue weighted by Gasteiger charge is 2.18. The molecule has 1 amide bonds. The summed E-state index contributed by atoms with van der Waals surface area (Å²) < 4.78 is 11.9. The molecule has 0 saturated heterocycles. The molecule has 0 spiro atoms. The number of ether oxygens (including phenoxy) is 2. The molecule has 0 fully saturated rings. The Balaban J connectivity index is 1.66. The van der Waals surface area contributed by atoms with Gasteiger partial charge in [0.05, 0.1) is 12.3 Å². The third-order valence-corrected chi connectivity index (χ3v) is 5.16. The zero-order chi connectivity index (χ0) is 23.5. The predicted molar refractivity (Wildman–Crippen MR) is 129 cm³/mol. The molecule has 0 unspecified atom stereocenters. The van der Waals surface area contributed by atoms with Crippen LogP contribution in [0.1, 0.15) is 48.5 Å². The molecule has 3 aromatic rings. The van der Waals surface area contributed by atoms with Gasteiger partial charge in [-0.25, -0.2) is 0 Å². The molecule has 3 rings (SSSR count). The summed E-state index contributed by atoms with van der Waals surface area (Å²) in [5, 5.41) is 3.21. The lowest BCUT2D eigenvalue weighted by molar-refractivity contribution is -0.112. The van der Waals surface area contributed by atoms with Gasteiger partial charge in [0.15, 0.2) is 0 Å². The smallest absolute Gasteiger partial charge is 0.296 e. The lowest BCUT2D eigenvalue weighted by atomic mass is 10.1. The van der Waals surface area contributed by atoms with Crippen molar-refractivity contribution in [1.29, 1.82) is 0 Å². The van der Waals surface area contributed by atoms with Gasteiger partial charge in [0.25, 0.3) is 11.7 Å². The minimum absolute atomic E-state index is 0.189. The number of nitrogens with zero attached hydrogens (tertiary/aromatic N) is 1. The first-order valence-corrected chi connectivity index (χ1v) is 11.3. The van der Waals surface area contributed by atoms with E-state index < -0.39 is 11.7 Å². The van der Waals surface area contributed by atoms with Crippen LogP contribution >= 0.6 is 11.6 Å². The highest BCUT2D eigenvalue weighted by Crippen LogP contribution is 2.28. The van der Waals surface area contributed by atoms with Crippen molar-refractivity contribution < 1.29 is 19.1 Å². The minimum atomic E-state index is -0.766. The summed E-state index contributed by atoms with van der Waals surface area (Å²) in [4.78, 5) is 28.7. The molecule has 0 atom stereocenters. The monoisotopic (exact) mass is 466 g/mol. The second-order valence-electron chi connectivity index (χ2n) is 7.47. The van der Waals surface area contributed by atoms with Gasteiger partial charge in [-0.2, -0.15) is 0 Å². The highest BCUT2D eigenvalue weighted by atomic mass is 35.5. The Kier molecular flexibility index (Phi) is 9.27. The Morgan fingerprint density at radius 1 is 0.970 bits per heavy atom. The van der Waals surface area contributed by atoms with Crippen LogP contribution in [0.15, 0.2) is 67.0 Å². The van der Waals surface area contributed by atoms with Gasteiger partial charge in [-0.05, 0) is 48.9 Å².